The van der Waals surface area contributed by atoms with Gasteiger partial charge in [-0.2, -0.15) is 0 Å². The average Bonchev–Trinajstić information content (AvgIpc) is 3.29. The third-order valence-electron chi connectivity index (χ3n) is 3.96. The van der Waals surface area contributed by atoms with Gasteiger partial charge in [-0.15, -0.1) is 13.2 Å². The largest absolute Gasteiger partial charge is 0.573 e. The molecule has 0 saturated carbocycles. The number of hydrogen-bond acceptors (Lipinski definition) is 6. The molecule has 0 aliphatic rings. The van der Waals surface area contributed by atoms with E-state index in [0.29, 0.717) is 22.4 Å². The number of nitrogens with zero attached hydrogens (tertiary/aromatic N) is 2. The molecule has 144 valence electrons. The third-order valence-corrected chi connectivity index (χ3v) is 3.96. The van der Waals surface area contributed by atoms with E-state index in [2.05, 4.69) is 14.9 Å². The average molecular weight is 390 g/mol. The highest BCUT2D eigenvalue weighted by atomic mass is 19.4. The van der Waals surface area contributed by atoms with Crippen LogP contribution in [0.5, 0.6) is 11.6 Å². The van der Waals surface area contributed by atoms with E-state index in [1.807, 2.05) is 13.0 Å². The van der Waals surface area contributed by atoms with E-state index in [4.69, 9.17) is 13.7 Å². The molecule has 0 atom stereocenters. The molecule has 6 nitrogen and oxygen atoms in total. The molecule has 0 N–H and O–H groups in total. The second-order valence-corrected chi connectivity index (χ2v) is 5.94. The molecule has 0 aliphatic heterocycles. The SMILES string of the molecule is Cc1cc(-c2ccc(OC(F)(F)F)cc2)cc2c(OCc3ncco3)noc12. The predicted molar refractivity (Wildman–Crippen MR) is 91.7 cm³/mol. The molecule has 0 radical (unpaired) electrons. The van der Waals surface area contributed by atoms with Crippen molar-refractivity contribution in [3.63, 3.8) is 0 Å². The fourth-order valence-electron chi connectivity index (χ4n) is 2.76. The number of halogens is 3. The lowest BCUT2D eigenvalue weighted by Crippen LogP contribution is -2.16. The molecule has 2 aromatic carbocycles. The molecule has 0 fully saturated rings. The number of hydrogen-bond donors (Lipinski definition) is 0. The summed E-state index contributed by atoms with van der Waals surface area (Å²) in [6.07, 6.45) is -1.78. The van der Waals surface area contributed by atoms with Crippen molar-refractivity contribution in [3.8, 4) is 22.8 Å². The van der Waals surface area contributed by atoms with Crippen molar-refractivity contribution in [2.75, 3.05) is 0 Å². The minimum Gasteiger partial charge on any atom is -0.465 e. The maximum Gasteiger partial charge on any atom is 0.573 e. The van der Waals surface area contributed by atoms with E-state index in [1.54, 1.807) is 18.2 Å². The number of aromatic nitrogens is 2. The Morgan fingerprint density at radius 1 is 1.07 bits per heavy atom. The van der Waals surface area contributed by atoms with Crippen LogP contribution >= 0.6 is 0 Å². The summed E-state index contributed by atoms with van der Waals surface area (Å²) >= 11 is 0. The van der Waals surface area contributed by atoms with Gasteiger partial charge in [-0.25, -0.2) is 4.98 Å². The number of oxazole rings is 1. The van der Waals surface area contributed by atoms with Crippen molar-refractivity contribution < 1.29 is 31.6 Å². The second-order valence-electron chi connectivity index (χ2n) is 5.94. The van der Waals surface area contributed by atoms with Crippen LogP contribution in [0.1, 0.15) is 11.5 Å². The van der Waals surface area contributed by atoms with E-state index >= 15 is 0 Å². The fraction of sp³-hybridized carbons (Fsp3) is 0.158. The molecule has 2 heterocycles. The van der Waals surface area contributed by atoms with Gasteiger partial charge in [0.15, 0.2) is 12.2 Å². The van der Waals surface area contributed by atoms with Crippen LogP contribution < -0.4 is 9.47 Å². The van der Waals surface area contributed by atoms with Crippen LogP contribution in [0.4, 0.5) is 13.2 Å². The molecule has 0 aliphatic carbocycles. The van der Waals surface area contributed by atoms with Gasteiger partial charge in [-0.1, -0.05) is 12.1 Å². The normalized spacial score (nSPS) is 11.7. The van der Waals surface area contributed by atoms with E-state index in [9.17, 15) is 13.2 Å². The summed E-state index contributed by atoms with van der Waals surface area (Å²) in [6.45, 7) is 1.93. The van der Waals surface area contributed by atoms with Crippen molar-refractivity contribution in [1.29, 1.82) is 0 Å². The van der Waals surface area contributed by atoms with Crippen molar-refractivity contribution in [2.24, 2.45) is 0 Å². The number of rotatable bonds is 5. The van der Waals surface area contributed by atoms with E-state index in [0.717, 1.165) is 11.1 Å². The van der Waals surface area contributed by atoms with Crippen molar-refractivity contribution in [3.05, 3.63) is 60.3 Å². The highest BCUT2D eigenvalue weighted by molar-refractivity contribution is 5.89. The first-order chi connectivity index (χ1) is 13.4. The van der Waals surface area contributed by atoms with Gasteiger partial charge >= 0.3 is 6.36 Å². The van der Waals surface area contributed by atoms with Gasteiger partial charge in [0.25, 0.3) is 5.88 Å². The first-order valence-corrected chi connectivity index (χ1v) is 8.16. The number of ether oxygens (including phenoxy) is 2. The van der Waals surface area contributed by atoms with E-state index in [-0.39, 0.29) is 18.2 Å². The Labute approximate surface area is 156 Å². The van der Waals surface area contributed by atoms with Gasteiger partial charge < -0.3 is 18.4 Å². The Hall–Kier alpha value is -3.49. The van der Waals surface area contributed by atoms with Crippen molar-refractivity contribution in [1.82, 2.24) is 10.1 Å². The molecule has 9 heteroatoms. The number of aryl methyl sites for hydroxylation is 1. The Balaban J connectivity index is 1.63. The van der Waals surface area contributed by atoms with E-state index in [1.165, 1.54) is 24.6 Å². The first kappa shape index (κ1) is 17.9. The molecule has 0 saturated heterocycles. The topological polar surface area (TPSA) is 70.5 Å². The molecule has 2 aromatic heterocycles. The van der Waals surface area contributed by atoms with Gasteiger partial charge in [0.2, 0.25) is 5.89 Å². The van der Waals surface area contributed by atoms with Crippen LogP contribution in [-0.2, 0) is 6.61 Å². The maximum atomic E-state index is 12.3. The molecule has 0 unspecified atom stereocenters. The zero-order valence-electron chi connectivity index (χ0n) is 14.5. The third kappa shape index (κ3) is 3.78. The van der Waals surface area contributed by atoms with Gasteiger partial charge in [-0.3, -0.25) is 0 Å². The quantitative estimate of drug-likeness (QED) is 0.462. The maximum absolute atomic E-state index is 12.3. The Bertz CT molecular complexity index is 1090. The minimum atomic E-state index is -4.73. The summed E-state index contributed by atoms with van der Waals surface area (Å²) < 4.78 is 56.9. The molecule has 28 heavy (non-hydrogen) atoms. The van der Waals surface area contributed by atoms with Crippen LogP contribution in [0, 0.1) is 6.92 Å². The second kappa shape index (κ2) is 6.91. The Morgan fingerprint density at radius 2 is 1.86 bits per heavy atom. The number of fused-ring (bicyclic) bond motifs is 1. The lowest BCUT2D eigenvalue weighted by atomic mass is 10.0. The summed E-state index contributed by atoms with van der Waals surface area (Å²) in [5.41, 5.74) is 2.84. The minimum absolute atomic E-state index is 0.0847. The summed E-state index contributed by atoms with van der Waals surface area (Å²) in [4.78, 5) is 3.97. The zero-order valence-corrected chi connectivity index (χ0v) is 14.5. The predicted octanol–water partition coefficient (Wildman–Crippen LogP) is 5.27. The summed E-state index contributed by atoms with van der Waals surface area (Å²) in [5.74, 6) is 0.383. The molecule has 4 rings (SSSR count). The lowest BCUT2D eigenvalue weighted by Gasteiger charge is -2.10. The number of benzene rings is 2. The highest BCUT2D eigenvalue weighted by Gasteiger charge is 2.31. The Kier molecular flexibility index (Phi) is 4.42. The smallest absolute Gasteiger partial charge is 0.465 e. The molecule has 0 amide bonds. The van der Waals surface area contributed by atoms with Crippen LogP contribution in [0.25, 0.3) is 22.1 Å². The highest BCUT2D eigenvalue weighted by Crippen LogP contribution is 2.34. The van der Waals surface area contributed by atoms with Gasteiger partial charge in [0.05, 0.1) is 11.6 Å². The lowest BCUT2D eigenvalue weighted by molar-refractivity contribution is -0.274. The van der Waals surface area contributed by atoms with Crippen molar-refractivity contribution >= 4 is 11.0 Å². The van der Waals surface area contributed by atoms with Crippen LogP contribution in [0.3, 0.4) is 0 Å². The van der Waals surface area contributed by atoms with Crippen LogP contribution in [0.2, 0.25) is 0 Å². The molecule has 0 spiro atoms. The number of alkyl halides is 3. The summed E-state index contributed by atoms with van der Waals surface area (Å²) in [7, 11) is 0. The summed E-state index contributed by atoms with van der Waals surface area (Å²) in [5, 5.41) is 4.57. The van der Waals surface area contributed by atoms with Crippen LogP contribution in [0.15, 0.2) is 57.8 Å². The standard InChI is InChI=1S/C19H13F3N2O4/c1-11-8-13(12-2-4-14(5-3-12)27-19(20,21)22)9-15-17(11)28-24-18(15)26-10-16-23-6-7-25-16/h2-9H,10H2,1H3. The molecular weight excluding hydrogens is 377 g/mol. The molecule has 0 bridgehead atoms. The molecule has 4 aromatic rings. The van der Waals surface area contributed by atoms with Gasteiger partial charge in [-0.05, 0) is 53.0 Å². The Morgan fingerprint density at radius 3 is 2.54 bits per heavy atom. The molecular formula is C19H13F3N2O4. The van der Waals surface area contributed by atoms with E-state index < -0.39 is 6.36 Å². The van der Waals surface area contributed by atoms with Crippen LogP contribution in [-0.4, -0.2) is 16.5 Å². The fourth-order valence-corrected chi connectivity index (χ4v) is 2.76. The monoisotopic (exact) mass is 390 g/mol. The zero-order chi connectivity index (χ0) is 19.7. The summed E-state index contributed by atoms with van der Waals surface area (Å²) in [6, 6.07) is 9.26. The van der Waals surface area contributed by atoms with Gasteiger partial charge in [0.1, 0.15) is 12.0 Å². The van der Waals surface area contributed by atoms with Gasteiger partial charge in [0, 0.05) is 0 Å². The van der Waals surface area contributed by atoms with Crippen molar-refractivity contribution in [2.45, 2.75) is 19.9 Å². The first-order valence-electron chi connectivity index (χ1n) is 8.16.